The SMILES string of the molecule is CCCC(C)c1c[cH-]c2ccccc12.CCCC(C)c1c[cH-]c2ccccc12.C[SiH]C.C[SiH]C.[Cl-].[Cl-].[Zr+3].[Zr+3].c1ccc2[cH-]ccc2c1.c1ccc2[cH-]ccc2c1. The number of hydrogen-bond acceptors (Lipinski definition) is 0. The zero-order valence-electron chi connectivity index (χ0n) is 34.9. The van der Waals surface area contributed by atoms with Gasteiger partial charge in [-0.2, -0.15) is 46.2 Å². The summed E-state index contributed by atoms with van der Waals surface area (Å²) in [6, 6.07) is 55.7. The van der Waals surface area contributed by atoms with Crippen molar-refractivity contribution in [3.63, 3.8) is 0 Å². The van der Waals surface area contributed by atoms with E-state index in [1.54, 1.807) is 0 Å². The van der Waals surface area contributed by atoms with Gasteiger partial charge in [-0.1, -0.05) is 116 Å². The first kappa shape index (κ1) is 56.2. The molecule has 6 heteroatoms. The molecule has 0 aliphatic heterocycles. The first-order valence-electron chi connectivity index (χ1n) is 19.4. The van der Waals surface area contributed by atoms with Crippen molar-refractivity contribution in [3.05, 3.63) is 169 Å². The average molecular weight is 973 g/mol. The first-order chi connectivity index (χ1) is 25.4. The molecule has 0 saturated heterocycles. The third kappa shape index (κ3) is 18.4. The molecule has 0 aromatic heterocycles. The van der Waals surface area contributed by atoms with Crippen LogP contribution in [0.3, 0.4) is 0 Å². The van der Waals surface area contributed by atoms with E-state index in [1.807, 2.05) is 0 Å². The van der Waals surface area contributed by atoms with Crippen LogP contribution in [0.5, 0.6) is 0 Å². The van der Waals surface area contributed by atoms with Gasteiger partial charge in [0.25, 0.3) is 0 Å². The Morgan fingerprint density at radius 1 is 0.446 bits per heavy atom. The maximum Gasteiger partial charge on any atom is 3.00 e. The number of benzene rings is 4. The van der Waals surface area contributed by atoms with E-state index >= 15 is 0 Å². The Balaban J connectivity index is 0. The summed E-state index contributed by atoms with van der Waals surface area (Å²) in [4.78, 5) is 0. The molecular formula is C50H62Cl2Si2Zr2. The standard InChI is InChI=1S/2C14H17.2C9H7.2C2H7Si.2ClH.2Zr/c2*1-3-6-11(2)13-10-9-12-7-4-5-8-14(12)13;2*1-2-5-9-7-3-6-8(9)4-1;2*1-3-2;;;;/h2*4-5,7-11H,3,6H2,1-2H3;2*1-7H;2*3H,1-2H3;2*1H;;/q4*-1;;;;;2*+3/p-2. The van der Waals surface area contributed by atoms with Crippen molar-refractivity contribution in [1.82, 2.24) is 0 Å². The predicted molar refractivity (Wildman–Crippen MR) is 243 cm³/mol. The molecule has 0 N–H and O–H groups in total. The zero-order valence-corrected chi connectivity index (χ0v) is 43.6. The van der Waals surface area contributed by atoms with Gasteiger partial charge in [0.05, 0.1) is 0 Å². The largest absolute Gasteiger partial charge is 3.00 e. The summed E-state index contributed by atoms with van der Waals surface area (Å²) in [5.74, 6) is 1.39. The van der Waals surface area contributed by atoms with Crippen molar-refractivity contribution in [1.29, 1.82) is 0 Å². The number of halogens is 2. The molecule has 4 radical (unpaired) electrons. The molecule has 0 spiro atoms. The van der Waals surface area contributed by atoms with Crippen LogP contribution in [0.2, 0.25) is 26.2 Å². The quantitative estimate of drug-likeness (QED) is 0.115. The molecule has 0 aliphatic carbocycles. The Morgan fingerprint density at radius 3 is 1.07 bits per heavy atom. The van der Waals surface area contributed by atoms with E-state index < -0.39 is 0 Å². The molecule has 0 amide bonds. The van der Waals surface area contributed by atoms with Gasteiger partial charge in [-0.15, -0.1) is 142 Å². The van der Waals surface area contributed by atoms with Crippen LogP contribution >= 0.6 is 0 Å². The summed E-state index contributed by atoms with van der Waals surface area (Å²) in [7, 11) is 1.50. The fourth-order valence-corrected chi connectivity index (χ4v) is 6.53. The summed E-state index contributed by atoms with van der Waals surface area (Å²) in [6.07, 6.45) is 5.10. The minimum Gasteiger partial charge on any atom is -1.00 e. The number of hydrogen-bond donors (Lipinski definition) is 0. The molecule has 292 valence electrons. The molecular weight excluding hydrogens is 910 g/mol. The average Bonchev–Trinajstić information content (AvgIpc) is 3.99. The molecule has 0 bridgehead atoms. The van der Waals surface area contributed by atoms with Crippen LogP contribution in [-0.4, -0.2) is 19.0 Å². The molecule has 8 aromatic rings. The van der Waals surface area contributed by atoms with Crippen LogP contribution in [0, 0.1) is 0 Å². The Kier molecular flexibility index (Phi) is 33.1. The molecule has 0 fully saturated rings. The molecule has 2 unspecified atom stereocenters. The van der Waals surface area contributed by atoms with E-state index in [1.165, 1.54) is 79.9 Å². The van der Waals surface area contributed by atoms with Crippen molar-refractivity contribution in [2.45, 2.75) is 91.4 Å². The Hall–Kier alpha value is -1.90. The second-order valence-corrected chi connectivity index (χ2v) is 15.9. The molecule has 8 rings (SSSR count). The van der Waals surface area contributed by atoms with Crippen molar-refractivity contribution >= 4 is 62.1 Å². The van der Waals surface area contributed by atoms with Gasteiger partial charge in [0.2, 0.25) is 0 Å². The van der Waals surface area contributed by atoms with Crippen molar-refractivity contribution in [2.75, 3.05) is 0 Å². The molecule has 2 atom stereocenters. The number of rotatable bonds is 6. The maximum atomic E-state index is 2.32. The van der Waals surface area contributed by atoms with Gasteiger partial charge in [-0.3, -0.25) is 0 Å². The summed E-state index contributed by atoms with van der Waals surface area (Å²) < 4.78 is 0. The van der Waals surface area contributed by atoms with Gasteiger partial charge in [0.15, 0.2) is 0 Å². The molecule has 56 heavy (non-hydrogen) atoms. The van der Waals surface area contributed by atoms with Crippen LogP contribution < -0.4 is 24.8 Å². The molecule has 0 nitrogen and oxygen atoms in total. The molecule has 0 heterocycles. The fraction of sp³-hybridized carbons (Fsp3) is 0.280. The van der Waals surface area contributed by atoms with Crippen LogP contribution in [0.1, 0.15) is 76.3 Å². The zero-order chi connectivity index (χ0) is 37.6. The summed E-state index contributed by atoms with van der Waals surface area (Å²) in [5, 5.41) is 11.0. The van der Waals surface area contributed by atoms with Gasteiger partial charge >= 0.3 is 52.4 Å². The Morgan fingerprint density at radius 2 is 0.750 bits per heavy atom. The van der Waals surface area contributed by atoms with E-state index in [9.17, 15) is 0 Å². The summed E-state index contributed by atoms with van der Waals surface area (Å²) in [5.41, 5.74) is 3.03. The van der Waals surface area contributed by atoms with Crippen LogP contribution in [0.4, 0.5) is 0 Å². The smallest absolute Gasteiger partial charge is 1.00 e. The second kappa shape index (κ2) is 33.0. The van der Waals surface area contributed by atoms with Crippen molar-refractivity contribution < 1.29 is 77.2 Å². The molecule has 0 saturated carbocycles. The second-order valence-electron chi connectivity index (χ2n) is 13.6. The van der Waals surface area contributed by atoms with Gasteiger partial charge in [-0.25, -0.2) is 0 Å². The summed E-state index contributed by atoms with van der Waals surface area (Å²) >= 11 is 0. The fourth-order valence-electron chi connectivity index (χ4n) is 6.53. The first-order valence-corrected chi connectivity index (χ1v) is 24.0. The van der Waals surface area contributed by atoms with E-state index in [0.717, 1.165) is 19.0 Å². The van der Waals surface area contributed by atoms with Gasteiger partial charge in [0, 0.05) is 19.0 Å². The topological polar surface area (TPSA) is 0 Å². The van der Waals surface area contributed by atoms with Gasteiger partial charge in [-0.05, 0) is 0 Å². The van der Waals surface area contributed by atoms with E-state index in [4.69, 9.17) is 0 Å². The Labute approximate surface area is 395 Å². The van der Waals surface area contributed by atoms with E-state index in [0.29, 0.717) is 11.8 Å². The van der Waals surface area contributed by atoms with E-state index in [-0.39, 0.29) is 77.2 Å². The van der Waals surface area contributed by atoms with Crippen LogP contribution in [-0.2, 0) is 52.4 Å². The van der Waals surface area contributed by atoms with E-state index in [2.05, 4.69) is 212 Å². The van der Waals surface area contributed by atoms with Crippen molar-refractivity contribution in [3.8, 4) is 0 Å². The third-order valence-corrected chi connectivity index (χ3v) is 9.03. The minimum absolute atomic E-state index is 0. The predicted octanol–water partition coefficient (Wildman–Crippen LogP) is 9.08. The third-order valence-electron chi connectivity index (χ3n) is 9.03. The van der Waals surface area contributed by atoms with Crippen molar-refractivity contribution in [2.24, 2.45) is 0 Å². The maximum absolute atomic E-state index is 2.32. The van der Waals surface area contributed by atoms with Crippen LogP contribution in [0.25, 0.3) is 43.1 Å². The normalized spacial score (nSPS) is 10.6. The van der Waals surface area contributed by atoms with Gasteiger partial charge in [0.1, 0.15) is 0 Å². The van der Waals surface area contributed by atoms with Crippen LogP contribution in [0.15, 0.2) is 158 Å². The Bertz CT molecular complexity index is 1880. The molecule has 8 aromatic carbocycles. The number of fused-ring (bicyclic) bond motifs is 4. The molecule has 0 aliphatic rings. The van der Waals surface area contributed by atoms with Gasteiger partial charge < -0.3 is 24.8 Å². The monoisotopic (exact) mass is 968 g/mol. The summed E-state index contributed by atoms with van der Waals surface area (Å²) in [6.45, 7) is 18.0. The minimum atomic E-state index is 0.